The van der Waals surface area contributed by atoms with Gasteiger partial charge in [0.1, 0.15) is 19.0 Å². The number of benzene rings is 2. The van der Waals surface area contributed by atoms with Crippen LogP contribution in [-0.4, -0.2) is 34.3 Å². The minimum Gasteiger partial charge on any atom is -0.486 e. The zero-order chi connectivity index (χ0) is 18.6. The molecule has 2 aromatic carbocycles. The van der Waals surface area contributed by atoms with E-state index in [-0.39, 0.29) is 5.56 Å². The van der Waals surface area contributed by atoms with Crippen molar-refractivity contribution in [3.05, 3.63) is 60.3 Å². The molecule has 0 fully saturated rings. The van der Waals surface area contributed by atoms with E-state index in [0.717, 1.165) is 5.69 Å². The van der Waals surface area contributed by atoms with Gasteiger partial charge in [0.2, 0.25) is 5.95 Å². The van der Waals surface area contributed by atoms with Gasteiger partial charge in [0.15, 0.2) is 11.5 Å². The fourth-order valence-electron chi connectivity index (χ4n) is 2.62. The molecule has 4 rings (SSSR count). The molecular formula is C19H16N4O4. The molecule has 8 heteroatoms. The standard InChI is InChI=1S/C19H16N4O4/c24-18(25)12-2-1-3-13(10-12)21-17-6-7-20-19(23-17)22-14-4-5-15-16(11-14)27-9-8-26-15/h1-7,10-11H,8-9H2,(H,24,25)(H2,20,21,22,23). The van der Waals surface area contributed by atoms with Crippen molar-refractivity contribution >= 4 is 29.1 Å². The number of nitrogens with one attached hydrogen (secondary N) is 2. The van der Waals surface area contributed by atoms with Gasteiger partial charge in [-0.25, -0.2) is 9.78 Å². The maximum Gasteiger partial charge on any atom is 0.335 e. The van der Waals surface area contributed by atoms with Gasteiger partial charge in [0.25, 0.3) is 0 Å². The van der Waals surface area contributed by atoms with Crippen molar-refractivity contribution in [2.24, 2.45) is 0 Å². The molecule has 0 saturated heterocycles. The van der Waals surface area contributed by atoms with Crippen LogP contribution in [0.5, 0.6) is 11.5 Å². The number of carboxylic acid groups (broad SMARTS) is 1. The number of rotatable bonds is 5. The van der Waals surface area contributed by atoms with Crippen molar-refractivity contribution in [1.29, 1.82) is 0 Å². The summed E-state index contributed by atoms with van der Waals surface area (Å²) in [7, 11) is 0. The summed E-state index contributed by atoms with van der Waals surface area (Å²) in [5, 5.41) is 15.3. The molecule has 3 aromatic rings. The van der Waals surface area contributed by atoms with Gasteiger partial charge in [-0.3, -0.25) is 0 Å². The van der Waals surface area contributed by atoms with Crippen LogP contribution in [0, 0.1) is 0 Å². The lowest BCUT2D eigenvalue weighted by Crippen LogP contribution is -2.15. The van der Waals surface area contributed by atoms with Crippen LogP contribution in [0.25, 0.3) is 0 Å². The Bertz CT molecular complexity index is 993. The molecule has 0 amide bonds. The predicted octanol–water partition coefficient (Wildman–Crippen LogP) is 3.43. The molecule has 0 unspecified atom stereocenters. The number of aromatic carboxylic acids is 1. The first-order valence-electron chi connectivity index (χ1n) is 8.27. The summed E-state index contributed by atoms with van der Waals surface area (Å²) in [6, 6.07) is 13.7. The van der Waals surface area contributed by atoms with Crippen molar-refractivity contribution in [3.63, 3.8) is 0 Å². The van der Waals surface area contributed by atoms with E-state index in [2.05, 4.69) is 20.6 Å². The maximum atomic E-state index is 11.1. The molecule has 0 radical (unpaired) electrons. The number of ether oxygens (including phenoxy) is 2. The lowest BCUT2D eigenvalue weighted by Gasteiger charge is -2.19. The van der Waals surface area contributed by atoms with E-state index in [1.807, 2.05) is 18.2 Å². The van der Waals surface area contributed by atoms with E-state index in [1.54, 1.807) is 30.5 Å². The summed E-state index contributed by atoms with van der Waals surface area (Å²) in [5.74, 6) is 1.33. The van der Waals surface area contributed by atoms with Gasteiger partial charge in [-0.2, -0.15) is 4.98 Å². The van der Waals surface area contributed by atoms with Gasteiger partial charge in [0, 0.05) is 23.6 Å². The molecule has 1 aliphatic rings. The molecule has 27 heavy (non-hydrogen) atoms. The highest BCUT2D eigenvalue weighted by Crippen LogP contribution is 2.33. The Labute approximate surface area is 154 Å². The van der Waals surface area contributed by atoms with E-state index >= 15 is 0 Å². The van der Waals surface area contributed by atoms with Gasteiger partial charge in [0.05, 0.1) is 5.56 Å². The molecule has 0 saturated carbocycles. The molecule has 0 bridgehead atoms. The number of hydrogen-bond donors (Lipinski definition) is 3. The Balaban J connectivity index is 1.51. The molecule has 1 aliphatic heterocycles. The number of fused-ring (bicyclic) bond motifs is 1. The predicted molar refractivity (Wildman–Crippen MR) is 99.4 cm³/mol. The summed E-state index contributed by atoms with van der Waals surface area (Å²) in [6.07, 6.45) is 1.61. The number of nitrogens with zero attached hydrogens (tertiary/aromatic N) is 2. The molecule has 3 N–H and O–H groups in total. The van der Waals surface area contributed by atoms with Crippen LogP contribution in [0.2, 0.25) is 0 Å². The Kier molecular flexibility index (Phi) is 4.44. The van der Waals surface area contributed by atoms with Crippen molar-refractivity contribution in [1.82, 2.24) is 9.97 Å². The second-order valence-electron chi connectivity index (χ2n) is 5.76. The molecule has 8 nitrogen and oxygen atoms in total. The first-order valence-corrected chi connectivity index (χ1v) is 8.27. The number of carboxylic acids is 1. The first-order chi connectivity index (χ1) is 13.2. The smallest absolute Gasteiger partial charge is 0.335 e. The summed E-state index contributed by atoms with van der Waals surface area (Å²) in [4.78, 5) is 19.7. The topological polar surface area (TPSA) is 106 Å². The van der Waals surface area contributed by atoms with Crippen molar-refractivity contribution < 1.29 is 19.4 Å². The van der Waals surface area contributed by atoms with E-state index in [9.17, 15) is 4.79 Å². The average molecular weight is 364 g/mol. The van der Waals surface area contributed by atoms with Gasteiger partial charge in [-0.05, 0) is 36.4 Å². The van der Waals surface area contributed by atoms with Gasteiger partial charge in [-0.1, -0.05) is 6.07 Å². The molecule has 0 atom stereocenters. The van der Waals surface area contributed by atoms with E-state index in [1.165, 1.54) is 6.07 Å². The Hall–Kier alpha value is -3.81. The second kappa shape index (κ2) is 7.20. The first kappa shape index (κ1) is 16.6. The number of anilines is 4. The highest BCUT2D eigenvalue weighted by molar-refractivity contribution is 5.89. The molecule has 136 valence electrons. The lowest BCUT2D eigenvalue weighted by molar-refractivity contribution is 0.0697. The molecular weight excluding hydrogens is 348 g/mol. The minimum atomic E-state index is -0.984. The number of aromatic nitrogens is 2. The second-order valence-corrected chi connectivity index (χ2v) is 5.76. The third-order valence-corrected chi connectivity index (χ3v) is 3.84. The minimum absolute atomic E-state index is 0.198. The van der Waals surface area contributed by atoms with E-state index in [4.69, 9.17) is 14.6 Å². The largest absolute Gasteiger partial charge is 0.486 e. The zero-order valence-electron chi connectivity index (χ0n) is 14.2. The van der Waals surface area contributed by atoms with Crippen LogP contribution < -0.4 is 20.1 Å². The van der Waals surface area contributed by atoms with Gasteiger partial charge in [-0.15, -0.1) is 0 Å². The van der Waals surface area contributed by atoms with Crippen LogP contribution in [-0.2, 0) is 0 Å². The third-order valence-electron chi connectivity index (χ3n) is 3.84. The highest BCUT2D eigenvalue weighted by atomic mass is 16.6. The van der Waals surface area contributed by atoms with E-state index < -0.39 is 5.97 Å². The normalized spacial score (nSPS) is 12.3. The fraction of sp³-hybridized carbons (Fsp3) is 0.105. The van der Waals surface area contributed by atoms with Crippen molar-refractivity contribution in [2.75, 3.05) is 23.8 Å². The van der Waals surface area contributed by atoms with Gasteiger partial charge < -0.3 is 25.2 Å². The lowest BCUT2D eigenvalue weighted by atomic mass is 10.2. The third kappa shape index (κ3) is 3.90. The van der Waals surface area contributed by atoms with Crippen LogP contribution in [0.1, 0.15) is 10.4 Å². The van der Waals surface area contributed by atoms with Crippen LogP contribution in [0.3, 0.4) is 0 Å². The van der Waals surface area contributed by atoms with Crippen LogP contribution in [0.15, 0.2) is 54.7 Å². The number of carbonyl (C=O) groups is 1. The fourth-order valence-corrected chi connectivity index (χ4v) is 2.62. The van der Waals surface area contributed by atoms with Crippen molar-refractivity contribution in [3.8, 4) is 11.5 Å². The number of hydrogen-bond acceptors (Lipinski definition) is 7. The van der Waals surface area contributed by atoms with Crippen LogP contribution >= 0.6 is 0 Å². The van der Waals surface area contributed by atoms with E-state index in [0.29, 0.717) is 42.2 Å². The summed E-state index contributed by atoms with van der Waals surface area (Å²) >= 11 is 0. The Morgan fingerprint density at radius 2 is 1.78 bits per heavy atom. The molecule has 2 heterocycles. The SMILES string of the molecule is O=C(O)c1cccc(Nc2ccnc(Nc3ccc4c(c3)OCCO4)n2)c1. The average Bonchev–Trinajstić information content (AvgIpc) is 2.68. The van der Waals surface area contributed by atoms with Crippen molar-refractivity contribution in [2.45, 2.75) is 0 Å². The molecule has 0 aliphatic carbocycles. The molecule has 1 aromatic heterocycles. The quantitative estimate of drug-likeness (QED) is 0.632. The molecule has 0 spiro atoms. The maximum absolute atomic E-state index is 11.1. The van der Waals surface area contributed by atoms with Crippen LogP contribution in [0.4, 0.5) is 23.1 Å². The monoisotopic (exact) mass is 364 g/mol. The summed E-state index contributed by atoms with van der Waals surface area (Å²) < 4.78 is 11.1. The Morgan fingerprint density at radius 3 is 2.63 bits per heavy atom. The summed E-state index contributed by atoms with van der Waals surface area (Å²) in [5.41, 5.74) is 1.59. The van der Waals surface area contributed by atoms with Gasteiger partial charge >= 0.3 is 5.97 Å². The Morgan fingerprint density at radius 1 is 0.963 bits per heavy atom. The highest BCUT2D eigenvalue weighted by Gasteiger charge is 2.12. The zero-order valence-corrected chi connectivity index (χ0v) is 14.2. The summed E-state index contributed by atoms with van der Waals surface area (Å²) in [6.45, 7) is 1.06.